The topological polar surface area (TPSA) is 45.5 Å². The predicted octanol–water partition coefficient (Wildman–Crippen LogP) is 4.39. The number of benzene rings is 1. The molecule has 23 heavy (non-hydrogen) atoms. The van der Waals surface area contributed by atoms with Gasteiger partial charge >= 0.3 is 0 Å². The fourth-order valence-corrected chi connectivity index (χ4v) is 3.26. The first kappa shape index (κ1) is 16.0. The molecule has 1 aromatic heterocycles. The van der Waals surface area contributed by atoms with E-state index in [1.54, 1.807) is 17.8 Å². The first-order valence-corrected chi connectivity index (χ1v) is 9.39. The number of nitrogens with one attached hydrogen (secondary N) is 1. The van der Waals surface area contributed by atoms with Crippen molar-refractivity contribution < 1.29 is 9.21 Å². The highest BCUT2D eigenvalue weighted by Gasteiger charge is 2.13. The fraction of sp³-hybridized carbons (Fsp3) is 0.389. The maximum atomic E-state index is 12.2. The number of anilines is 2. The quantitative estimate of drug-likeness (QED) is 0.883. The first-order valence-electron chi connectivity index (χ1n) is 8.00. The Bertz CT molecular complexity index is 645. The van der Waals surface area contributed by atoms with Gasteiger partial charge < -0.3 is 14.6 Å². The molecule has 1 amide bonds. The molecule has 0 atom stereocenters. The Balaban J connectivity index is 1.61. The Labute approximate surface area is 141 Å². The molecule has 4 nitrogen and oxygen atoms in total. The van der Waals surface area contributed by atoms with E-state index in [0.717, 1.165) is 30.3 Å². The van der Waals surface area contributed by atoms with Crippen LogP contribution in [-0.4, -0.2) is 25.3 Å². The van der Waals surface area contributed by atoms with Crippen LogP contribution in [0.1, 0.15) is 35.6 Å². The van der Waals surface area contributed by atoms with E-state index in [9.17, 15) is 4.79 Å². The van der Waals surface area contributed by atoms with Crippen molar-refractivity contribution in [1.82, 2.24) is 0 Å². The molecule has 1 aliphatic rings. The van der Waals surface area contributed by atoms with E-state index in [4.69, 9.17) is 4.42 Å². The van der Waals surface area contributed by atoms with E-state index < -0.39 is 0 Å². The second kappa shape index (κ2) is 7.59. The molecule has 0 aliphatic carbocycles. The van der Waals surface area contributed by atoms with Crippen molar-refractivity contribution in [2.45, 2.75) is 25.0 Å². The largest absolute Gasteiger partial charge is 0.455 e. The van der Waals surface area contributed by atoms with Gasteiger partial charge in [0.15, 0.2) is 5.76 Å². The van der Waals surface area contributed by atoms with Gasteiger partial charge in [0, 0.05) is 24.5 Å². The lowest BCUT2D eigenvalue weighted by Crippen LogP contribution is -2.29. The molecule has 1 aliphatic heterocycles. The molecule has 0 radical (unpaired) electrons. The number of amides is 1. The number of nitrogens with zero attached hydrogens (tertiary/aromatic N) is 1. The second-order valence-electron chi connectivity index (χ2n) is 5.75. The van der Waals surface area contributed by atoms with Crippen molar-refractivity contribution >= 4 is 29.0 Å². The van der Waals surface area contributed by atoms with Crippen LogP contribution in [0.25, 0.3) is 0 Å². The number of rotatable bonds is 5. The number of carbonyl (C=O) groups is 1. The second-order valence-corrected chi connectivity index (χ2v) is 6.61. The molecule has 1 aromatic carbocycles. The van der Waals surface area contributed by atoms with Gasteiger partial charge in [-0.15, -0.1) is 0 Å². The monoisotopic (exact) mass is 330 g/mol. The summed E-state index contributed by atoms with van der Waals surface area (Å²) in [5, 5.41) is 2.89. The van der Waals surface area contributed by atoms with Crippen LogP contribution in [0.3, 0.4) is 0 Å². The molecule has 2 aromatic rings. The maximum Gasteiger partial charge on any atom is 0.291 e. The third kappa shape index (κ3) is 4.10. The van der Waals surface area contributed by atoms with E-state index in [0.29, 0.717) is 5.76 Å². The molecule has 0 saturated carbocycles. The van der Waals surface area contributed by atoms with Crippen LogP contribution in [-0.2, 0) is 5.75 Å². The zero-order valence-corrected chi connectivity index (χ0v) is 14.2. The minimum absolute atomic E-state index is 0.205. The summed E-state index contributed by atoms with van der Waals surface area (Å²) in [6.45, 7) is 2.24. The number of hydrogen-bond acceptors (Lipinski definition) is 4. The van der Waals surface area contributed by atoms with Gasteiger partial charge in [-0.2, -0.15) is 11.8 Å². The number of carbonyl (C=O) groups excluding carboxylic acids is 1. The van der Waals surface area contributed by atoms with Crippen LogP contribution in [0.15, 0.2) is 40.8 Å². The molecule has 0 spiro atoms. The van der Waals surface area contributed by atoms with Crippen molar-refractivity contribution in [3.05, 3.63) is 47.9 Å². The summed E-state index contributed by atoms with van der Waals surface area (Å²) in [4.78, 5) is 14.6. The Kier molecular flexibility index (Phi) is 5.28. The molecule has 1 N–H and O–H groups in total. The van der Waals surface area contributed by atoms with Crippen LogP contribution in [0.4, 0.5) is 11.4 Å². The summed E-state index contributed by atoms with van der Waals surface area (Å²) in [6, 6.07) is 11.6. The van der Waals surface area contributed by atoms with Crippen LogP contribution < -0.4 is 10.2 Å². The van der Waals surface area contributed by atoms with E-state index >= 15 is 0 Å². The van der Waals surface area contributed by atoms with E-state index in [1.807, 2.05) is 24.5 Å². The fourth-order valence-electron chi connectivity index (χ4n) is 2.82. The van der Waals surface area contributed by atoms with Crippen LogP contribution in [0.5, 0.6) is 0 Å². The van der Waals surface area contributed by atoms with Crippen LogP contribution in [0, 0.1) is 0 Å². The van der Waals surface area contributed by atoms with Gasteiger partial charge in [-0.25, -0.2) is 0 Å². The molecule has 3 rings (SSSR count). The summed E-state index contributed by atoms with van der Waals surface area (Å²) in [5.41, 5.74) is 2.02. The lowest BCUT2D eigenvalue weighted by molar-refractivity contribution is 0.0995. The van der Waals surface area contributed by atoms with Gasteiger partial charge in [-0.3, -0.25) is 4.79 Å². The summed E-state index contributed by atoms with van der Waals surface area (Å²) >= 11 is 1.67. The van der Waals surface area contributed by atoms with E-state index in [1.165, 1.54) is 24.9 Å². The summed E-state index contributed by atoms with van der Waals surface area (Å²) in [7, 11) is 0. The predicted molar refractivity (Wildman–Crippen MR) is 96.4 cm³/mol. The Morgan fingerprint density at radius 1 is 1.13 bits per heavy atom. The minimum atomic E-state index is -0.205. The molecule has 0 bridgehead atoms. The Hall–Kier alpha value is -1.88. The first-order chi connectivity index (χ1) is 11.3. The smallest absolute Gasteiger partial charge is 0.291 e. The number of thioether (sulfide) groups is 1. The molecule has 0 unspecified atom stereocenters. The Morgan fingerprint density at radius 2 is 1.87 bits per heavy atom. The van der Waals surface area contributed by atoms with Gasteiger partial charge in [0.25, 0.3) is 5.91 Å². The van der Waals surface area contributed by atoms with Crippen molar-refractivity contribution in [1.29, 1.82) is 0 Å². The van der Waals surface area contributed by atoms with Gasteiger partial charge in [-0.1, -0.05) is 0 Å². The van der Waals surface area contributed by atoms with Gasteiger partial charge in [0.2, 0.25) is 0 Å². The molecular weight excluding hydrogens is 308 g/mol. The van der Waals surface area contributed by atoms with E-state index in [-0.39, 0.29) is 5.91 Å². The Morgan fingerprint density at radius 3 is 2.57 bits per heavy atom. The van der Waals surface area contributed by atoms with Gasteiger partial charge in [0.05, 0.1) is 5.75 Å². The lowest BCUT2D eigenvalue weighted by Gasteiger charge is -2.28. The third-order valence-corrected chi connectivity index (χ3v) is 4.59. The van der Waals surface area contributed by atoms with Crippen LogP contribution >= 0.6 is 11.8 Å². The molecule has 5 heteroatoms. The summed E-state index contributed by atoms with van der Waals surface area (Å²) in [6.07, 6.45) is 5.85. The van der Waals surface area contributed by atoms with Crippen molar-refractivity contribution in [3.63, 3.8) is 0 Å². The maximum absolute atomic E-state index is 12.2. The average Bonchev–Trinajstić information content (AvgIpc) is 3.06. The summed E-state index contributed by atoms with van der Waals surface area (Å²) < 4.78 is 5.54. The highest BCUT2D eigenvalue weighted by Crippen LogP contribution is 2.22. The molecule has 2 heterocycles. The number of furan rings is 1. The standard InChI is InChI=1S/C18H22N2O2S/c1-23-13-16-9-10-17(22-16)18(21)19-14-5-7-15(8-6-14)20-11-3-2-4-12-20/h5-10H,2-4,11-13H2,1H3,(H,19,21). The minimum Gasteiger partial charge on any atom is -0.455 e. The molecule has 122 valence electrons. The lowest BCUT2D eigenvalue weighted by atomic mass is 10.1. The highest BCUT2D eigenvalue weighted by molar-refractivity contribution is 7.97. The summed E-state index contributed by atoms with van der Waals surface area (Å²) in [5.74, 6) is 1.75. The SMILES string of the molecule is CSCc1ccc(C(=O)Nc2ccc(N3CCCCC3)cc2)o1. The molecular formula is C18H22N2O2S. The number of piperidine rings is 1. The third-order valence-electron chi connectivity index (χ3n) is 4.02. The zero-order chi connectivity index (χ0) is 16.1. The normalized spacial score (nSPS) is 14.7. The highest BCUT2D eigenvalue weighted by atomic mass is 32.2. The van der Waals surface area contributed by atoms with Crippen molar-refractivity contribution in [2.24, 2.45) is 0 Å². The molecule has 1 saturated heterocycles. The van der Waals surface area contributed by atoms with Crippen molar-refractivity contribution in [2.75, 3.05) is 29.6 Å². The average molecular weight is 330 g/mol. The zero-order valence-electron chi connectivity index (χ0n) is 13.4. The van der Waals surface area contributed by atoms with Crippen LogP contribution in [0.2, 0.25) is 0 Å². The molecule has 1 fully saturated rings. The van der Waals surface area contributed by atoms with Gasteiger partial charge in [-0.05, 0) is 61.9 Å². The van der Waals surface area contributed by atoms with Crippen molar-refractivity contribution in [3.8, 4) is 0 Å². The number of hydrogen-bond donors (Lipinski definition) is 1. The van der Waals surface area contributed by atoms with E-state index in [2.05, 4.69) is 22.3 Å². The van der Waals surface area contributed by atoms with Gasteiger partial charge in [0.1, 0.15) is 5.76 Å².